The average molecular weight is 235 g/mol. The highest BCUT2D eigenvalue weighted by Crippen LogP contribution is 2.11. The monoisotopic (exact) mass is 235 g/mol. The van der Waals surface area contributed by atoms with Crippen LogP contribution in [0, 0.1) is 5.92 Å². The number of benzene rings is 1. The maximum atomic E-state index is 12.0. The summed E-state index contributed by atoms with van der Waals surface area (Å²) in [7, 11) is 0. The van der Waals surface area contributed by atoms with E-state index in [4.69, 9.17) is 5.11 Å². The Labute approximate surface area is 103 Å². The van der Waals surface area contributed by atoms with Gasteiger partial charge in [-0.25, -0.2) is 0 Å². The van der Waals surface area contributed by atoms with E-state index in [1.54, 1.807) is 24.3 Å². The second kappa shape index (κ2) is 6.40. The molecule has 94 valence electrons. The van der Waals surface area contributed by atoms with Crippen molar-refractivity contribution in [3.05, 3.63) is 29.8 Å². The van der Waals surface area contributed by atoms with E-state index in [0.29, 0.717) is 18.0 Å². The van der Waals surface area contributed by atoms with Gasteiger partial charge in [0.2, 0.25) is 0 Å². The number of carbonyl (C=O) groups excluding carboxylic acids is 1. The molecule has 1 aromatic rings. The van der Waals surface area contributed by atoms with Crippen LogP contribution in [0.1, 0.15) is 31.1 Å². The molecule has 0 heterocycles. The molecule has 0 saturated heterocycles. The van der Waals surface area contributed by atoms with Crippen molar-refractivity contribution in [2.24, 2.45) is 5.92 Å². The summed E-state index contributed by atoms with van der Waals surface area (Å²) < 4.78 is 0. The zero-order chi connectivity index (χ0) is 12.8. The van der Waals surface area contributed by atoms with Crippen molar-refractivity contribution in [2.45, 2.75) is 20.8 Å². The Balaban J connectivity index is 2.61. The lowest BCUT2D eigenvalue weighted by Crippen LogP contribution is -2.32. The van der Waals surface area contributed by atoms with E-state index in [1.165, 1.54) is 0 Å². The topological polar surface area (TPSA) is 40.5 Å². The number of likely N-dealkylation sites (N-methyl/N-ethyl adjacent to an activating group) is 1. The van der Waals surface area contributed by atoms with Gasteiger partial charge in [0.1, 0.15) is 5.75 Å². The molecule has 0 aliphatic heterocycles. The Morgan fingerprint density at radius 1 is 1.29 bits per heavy atom. The van der Waals surface area contributed by atoms with Crippen molar-refractivity contribution in [1.29, 1.82) is 0 Å². The molecule has 0 aliphatic carbocycles. The van der Waals surface area contributed by atoms with Gasteiger partial charge >= 0.3 is 0 Å². The average Bonchev–Trinajstić information content (AvgIpc) is 2.28. The second-order valence-corrected chi connectivity index (χ2v) is 4.69. The minimum atomic E-state index is 0.104. The molecule has 0 aromatic heterocycles. The Morgan fingerprint density at radius 2 is 1.88 bits per heavy atom. The van der Waals surface area contributed by atoms with Crippen molar-refractivity contribution in [2.75, 3.05) is 19.6 Å². The summed E-state index contributed by atoms with van der Waals surface area (Å²) in [5.74, 6) is 0.853. The summed E-state index contributed by atoms with van der Waals surface area (Å²) in [5, 5.41) is 9.16. The Bertz CT molecular complexity index is 357. The van der Waals surface area contributed by atoms with Crippen LogP contribution in [0.15, 0.2) is 24.3 Å². The lowest BCUT2D eigenvalue weighted by atomic mass is 10.1. The molecule has 0 radical (unpaired) electrons. The molecule has 0 saturated carbocycles. The van der Waals surface area contributed by atoms with Crippen LogP contribution >= 0.6 is 0 Å². The summed E-state index contributed by atoms with van der Waals surface area (Å²) in [6.45, 7) is 8.61. The maximum absolute atomic E-state index is 12.0. The fraction of sp³-hybridized carbons (Fsp3) is 0.500. The Kier molecular flexibility index (Phi) is 5.16. The molecule has 1 aromatic carbocycles. The molecular formula is C14H21NO2. The number of carbonyl (C=O) groups is 1. The molecule has 0 unspecified atom stereocenters. The van der Waals surface area contributed by atoms with E-state index in [2.05, 4.69) is 25.7 Å². The molecule has 3 heteroatoms. The molecule has 0 spiro atoms. The van der Waals surface area contributed by atoms with Crippen LogP contribution in [0.2, 0.25) is 0 Å². The van der Waals surface area contributed by atoms with Gasteiger partial charge in [-0.15, -0.1) is 0 Å². The van der Waals surface area contributed by atoms with E-state index in [0.717, 1.165) is 13.1 Å². The zero-order valence-electron chi connectivity index (χ0n) is 10.8. The standard InChI is InChI=1S/C14H21NO2/c1-4-15(9-11(2)3)10-14(17)12-5-7-13(16)8-6-12/h5-8,11,16H,4,9-10H2,1-3H3. The number of hydrogen-bond acceptors (Lipinski definition) is 3. The third kappa shape index (κ3) is 4.57. The summed E-state index contributed by atoms with van der Waals surface area (Å²) in [5.41, 5.74) is 0.657. The molecule has 0 aliphatic rings. The number of Topliss-reactive ketones (excluding diaryl/α,β-unsaturated/α-hetero) is 1. The highest BCUT2D eigenvalue weighted by Gasteiger charge is 2.12. The van der Waals surface area contributed by atoms with Gasteiger partial charge in [0.05, 0.1) is 6.54 Å². The number of ketones is 1. The first kappa shape index (κ1) is 13.7. The highest BCUT2D eigenvalue weighted by atomic mass is 16.3. The molecule has 0 atom stereocenters. The molecule has 0 bridgehead atoms. The number of hydrogen-bond donors (Lipinski definition) is 1. The molecule has 17 heavy (non-hydrogen) atoms. The van der Waals surface area contributed by atoms with Crippen LogP contribution < -0.4 is 0 Å². The lowest BCUT2D eigenvalue weighted by molar-refractivity contribution is 0.0926. The Hall–Kier alpha value is -1.35. The van der Waals surface area contributed by atoms with Crippen LogP contribution in [0.25, 0.3) is 0 Å². The van der Waals surface area contributed by atoms with Crippen LogP contribution in [0.5, 0.6) is 5.75 Å². The molecule has 1 N–H and O–H groups in total. The summed E-state index contributed by atoms with van der Waals surface area (Å²) in [6, 6.07) is 6.43. The summed E-state index contributed by atoms with van der Waals surface area (Å²) in [6.07, 6.45) is 0. The number of rotatable bonds is 6. The highest BCUT2D eigenvalue weighted by molar-refractivity contribution is 5.97. The first-order valence-electron chi connectivity index (χ1n) is 6.07. The predicted octanol–water partition coefficient (Wildman–Crippen LogP) is 2.55. The molecule has 0 amide bonds. The number of phenols is 1. The Morgan fingerprint density at radius 3 is 2.35 bits per heavy atom. The molecule has 3 nitrogen and oxygen atoms in total. The van der Waals surface area contributed by atoms with Crippen molar-refractivity contribution in [3.63, 3.8) is 0 Å². The largest absolute Gasteiger partial charge is 0.508 e. The zero-order valence-corrected chi connectivity index (χ0v) is 10.8. The lowest BCUT2D eigenvalue weighted by Gasteiger charge is -2.21. The number of phenolic OH excluding ortho intramolecular Hbond substituents is 1. The minimum Gasteiger partial charge on any atom is -0.508 e. The molecule has 1 rings (SSSR count). The minimum absolute atomic E-state index is 0.104. The summed E-state index contributed by atoms with van der Waals surface area (Å²) in [4.78, 5) is 14.1. The quantitative estimate of drug-likeness (QED) is 0.770. The van der Waals surface area contributed by atoms with Gasteiger partial charge in [-0.1, -0.05) is 20.8 Å². The van der Waals surface area contributed by atoms with Crippen LogP contribution in [0.3, 0.4) is 0 Å². The van der Waals surface area contributed by atoms with Crippen molar-refractivity contribution < 1.29 is 9.90 Å². The first-order chi connectivity index (χ1) is 8.02. The SMILES string of the molecule is CCN(CC(=O)c1ccc(O)cc1)CC(C)C. The fourth-order valence-electron chi connectivity index (χ4n) is 1.76. The predicted molar refractivity (Wildman–Crippen MR) is 69.4 cm³/mol. The van der Waals surface area contributed by atoms with Crippen LogP contribution in [-0.2, 0) is 0 Å². The van der Waals surface area contributed by atoms with Crippen LogP contribution in [0.4, 0.5) is 0 Å². The third-order valence-corrected chi connectivity index (χ3v) is 2.63. The van der Waals surface area contributed by atoms with E-state index in [1.807, 2.05) is 0 Å². The van der Waals surface area contributed by atoms with Crippen molar-refractivity contribution in [1.82, 2.24) is 4.90 Å². The second-order valence-electron chi connectivity index (χ2n) is 4.69. The van der Waals surface area contributed by atoms with Crippen molar-refractivity contribution >= 4 is 5.78 Å². The maximum Gasteiger partial charge on any atom is 0.176 e. The van der Waals surface area contributed by atoms with Gasteiger partial charge in [-0.3, -0.25) is 9.69 Å². The van der Waals surface area contributed by atoms with Crippen LogP contribution in [-0.4, -0.2) is 35.4 Å². The van der Waals surface area contributed by atoms with E-state index in [-0.39, 0.29) is 11.5 Å². The van der Waals surface area contributed by atoms with Crippen molar-refractivity contribution in [3.8, 4) is 5.75 Å². The first-order valence-corrected chi connectivity index (χ1v) is 6.07. The van der Waals surface area contributed by atoms with Gasteiger partial charge in [0, 0.05) is 12.1 Å². The van der Waals surface area contributed by atoms with Gasteiger partial charge in [0.25, 0.3) is 0 Å². The number of nitrogens with zero attached hydrogens (tertiary/aromatic N) is 1. The molecule has 0 fully saturated rings. The van der Waals surface area contributed by atoms with Gasteiger partial charge in [0.15, 0.2) is 5.78 Å². The summed E-state index contributed by atoms with van der Waals surface area (Å²) >= 11 is 0. The fourth-order valence-corrected chi connectivity index (χ4v) is 1.76. The normalized spacial score (nSPS) is 11.1. The number of aromatic hydroxyl groups is 1. The van der Waals surface area contributed by atoms with E-state index in [9.17, 15) is 4.79 Å². The van der Waals surface area contributed by atoms with E-state index >= 15 is 0 Å². The third-order valence-electron chi connectivity index (χ3n) is 2.63. The van der Waals surface area contributed by atoms with E-state index < -0.39 is 0 Å². The van der Waals surface area contributed by atoms with Gasteiger partial charge in [-0.2, -0.15) is 0 Å². The van der Waals surface area contributed by atoms with Gasteiger partial charge < -0.3 is 5.11 Å². The molecular weight excluding hydrogens is 214 g/mol. The van der Waals surface area contributed by atoms with Gasteiger partial charge in [-0.05, 0) is 36.7 Å². The smallest absolute Gasteiger partial charge is 0.176 e.